The van der Waals surface area contributed by atoms with Crippen molar-refractivity contribution in [2.45, 2.75) is 19.6 Å². The minimum Gasteiger partial charge on any atom is -0.419 e. The quantitative estimate of drug-likeness (QED) is 0.522. The first kappa shape index (κ1) is 16.1. The van der Waals surface area contributed by atoms with Gasteiger partial charge in [-0.25, -0.2) is 14.3 Å². The van der Waals surface area contributed by atoms with E-state index in [0.29, 0.717) is 10.7 Å². The predicted octanol–water partition coefficient (Wildman–Crippen LogP) is 2.66. The molecule has 1 fully saturated rings. The summed E-state index contributed by atoms with van der Waals surface area (Å²) in [6, 6.07) is 7.16. The molecule has 124 valence electrons. The van der Waals surface area contributed by atoms with Crippen molar-refractivity contribution in [3.63, 3.8) is 0 Å². The van der Waals surface area contributed by atoms with Gasteiger partial charge in [-0.2, -0.15) is 5.10 Å². The summed E-state index contributed by atoms with van der Waals surface area (Å²) in [4.78, 5) is 23.7. The molecule has 24 heavy (non-hydrogen) atoms. The molecule has 8 heteroatoms. The summed E-state index contributed by atoms with van der Waals surface area (Å²) >= 11 is 5.83. The van der Waals surface area contributed by atoms with Gasteiger partial charge in [0, 0.05) is 31.9 Å². The standard InChI is InChI=1S/C16H14ClN3O4/c1-16(2)23-14(21)13(15(22)24-16)8-18-11-3-5-12(6-4-11)20-9-10(17)7-19-20/h3-9,18H,1-2H3. The number of carbonyl (C=O) groups is 2. The highest BCUT2D eigenvalue weighted by atomic mass is 35.5. The van der Waals surface area contributed by atoms with Crippen LogP contribution in [0, 0.1) is 0 Å². The van der Waals surface area contributed by atoms with Crippen molar-refractivity contribution >= 4 is 29.2 Å². The first-order chi connectivity index (χ1) is 11.3. The molecule has 0 bridgehead atoms. The number of aromatic nitrogens is 2. The molecule has 1 aliphatic heterocycles. The minimum absolute atomic E-state index is 0.197. The van der Waals surface area contributed by atoms with E-state index in [1.807, 2.05) is 12.1 Å². The average molecular weight is 348 g/mol. The van der Waals surface area contributed by atoms with Crippen LogP contribution in [-0.2, 0) is 19.1 Å². The highest BCUT2D eigenvalue weighted by molar-refractivity contribution is 6.30. The van der Waals surface area contributed by atoms with Crippen LogP contribution in [0.15, 0.2) is 48.4 Å². The zero-order valence-corrected chi connectivity index (χ0v) is 13.7. The number of nitrogens with zero attached hydrogens (tertiary/aromatic N) is 2. The van der Waals surface area contributed by atoms with Crippen LogP contribution in [0.5, 0.6) is 0 Å². The Morgan fingerprint density at radius 2 is 1.79 bits per heavy atom. The second-order valence-corrected chi connectivity index (χ2v) is 5.97. The van der Waals surface area contributed by atoms with Crippen molar-refractivity contribution in [3.8, 4) is 5.69 Å². The van der Waals surface area contributed by atoms with E-state index in [9.17, 15) is 9.59 Å². The van der Waals surface area contributed by atoms with Gasteiger partial charge in [0.05, 0.1) is 16.9 Å². The van der Waals surface area contributed by atoms with Gasteiger partial charge in [0.15, 0.2) is 5.57 Å². The Morgan fingerprint density at radius 1 is 1.17 bits per heavy atom. The van der Waals surface area contributed by atoms with Gasteiger partial charge in [-0.15, -0.1) is 0 Å². The van der Waals surface area contributed by atoms with Crippen LogP contribution in [-0.4, -0.2) is 27.5 Å². The van der Waals surface area contributed by atoms with Crippen molar-refractivity contribution < 1.29 is 19.1 Å². The topological polar surface area (TPSA) is 82.5 Å². The molecule has 2 heterocycles. The number of rotatable bonds is 3. The maximum absolute atomic E-state index is 11.8. The van der Waals surface area contributed by atoms with Crippen molar-refractivity contribution in [1.29, 1.82) is 0 Å². The summed E-state index contributed by atoms with van der Waals surface area (Å²) in [5.74, 6) is -2.71. The highest BCUT2D eigenvalue weighted by Gasteiger charge is 2.38. The number of esters is 2. The molecule has 2 aromatic rings. The van der Waals surface area contributed by atoms with Gasteiger partial charge >= 0.3 is 11.9 Å². The molecule has 3 rings (SSSR count). The molecule has 1 aromatic heterocycles. The fourth-order valence-corrected chi connectivity index (χ4v) is 2.22. The molecule has 1 saturated heterocycles. The van der Waals surface area contributed by atoms with Crippen LogP contribution in [0.1, 0.15) is 13.8 Å². The Labute approximate surface area is 142 Å². The molecule has 1 aromatic carbocycles. The lowest BCUT2D eigenvalue weighted by molar-refractivity contribution is -0.222. The lowest BCUT2D eigenvalue weighted by Crippen LogP contribution is -2.42. The number of hydrogen-bond acceptors (Lipinski definition) is 6. The number of anilines is 1. The molecule has 0 aliphatic carbocycles. The van der Waals surface area contributed by atoms with Crippen LogP contribution < -0.4 is 5.32 Å². The fourth-order valence-electron chi connectivity index (χ4n) is 2.09. The molecule has 0 atom stereocenters. The lowest BCUT2D eigenvalue weighted by atomic mass is 10.2. The maximum Gasteiger partial charge on any atom is 0.350 e. The van der Waals surface area contributed by atoms with E-state index in [2.05, 4.69) is 10.4 Å². The molecule has 1 N–H and O–H groups in total. The molecular formula is C16H14ClN3O4. The number of halogens is 1. The molecule has 0 amide bonds. The summed E-state index contributed by atoms with van der Waals surface area (Å²) in [5.41, 5.74) is 1.30. The summed E-state index contributed by atoms with van der Waals surface area (Å²) < 4.78 is 11.6. The number of hydrogen-bond donors (Lipinski definition) is 1. The van der Waals surface area contributed by atoms with Gasteiger partial charge in [-0.05, 0) is 24.3 Å². The van der Waals surface area contributed by atoms with Gasteiger partial charge < -0.3 is 14.8 Å². The average Bonchev–Trinajstić information content (AvgIpc) is 2.92. The Morgan fingerprint density at radius 3 is 2.33 bits per heavy atom. The summed E-state index contributed by atoms with van der Waals surface area (Å²) in [6.07, 6.45) is 4.49. The van der Waals surface area contributed by atoms with E-state index in [0.717, 1.165) is 5.69 Å². The number of nitrogens with one attached hydrogen (secondary N) is 1. The fraction of sp³-hybridized carbons (Fsp3) is 0.188. The molecule has 0 saturated carbocycles. The van der Waals surface area contributed by atoms with Gasteiger partial charge in [-0.3, -0.25) is 0 Å². The number of ether oxygens (including phenoxy) is 2. The molecule has 1 aliphatic rings. The second-order valence-electron chi connectivity index (χ2n) is 5.53. The maximum atomic E-state index is 11.8. The largest absolute Gasteiger partial charge is 0.419 e. The Kier molecular flexibility index (Phi) is 4.02. The van der Waals surface area contributed by atoms with Gasteiger partial charge in [0.1, 0.15) is 0 Å². The third-order valence-corrected chi connectivity index (χ3v) is 3.38. The van der Waals surface area contributed by atoms with Crippen LogP contribution in [0.3, 0.4) is 0 Å². The summed E-state index contributed by atoms with van der Waals surface area (Å²) in [7, 11) is 0. The number of cyclic esters (lactones) is 2. The van der Waals surface area contributed by atoms with Crippen LogP contribution >= 0.6 is 11.6 Å². The highest BCUT2D eigenvalue weighted by Crippen LogP contribution is 2.23. The molecule has 0 radical (unpaired) electrons. The van der Waals surface area contributed by atoms with E-state index in [4.69, 9.17) is 21.1 Å². The monoisotopic (exact) mass is 347 g/mol. The molecule has 7 nitrogen and oxygen atoms in total. The molecule has 0 unspecified atom stereocenters. The Balaban J connectivity index is 1.72. The summed E-state index contributed by atoms with van der Waals surface area (Å²) in [5, 5.41) is 7.51. The smallest absolute Gasteiger partial charge is 0.350 e. The van der Waals surface area contributed by atoms with Crippen molar-refractivity contribution in [2.75, 3.05) is 5.32 Å². The number of carbonyl (C=O) groups excluding carboxylic acids is 2. The van der Waals surface area contributed by atoms with Crippen LogP contribution in [0.2, 0.25) is 5.02 Å². The van der Waals surface area contributed by atoms with Crippen molar-refractivity contribution in [2.24, 2.45) is 0 Å². The van der Waals surface area contributed by atoms with E-state index < -0.39 is 17.7 Å². The third kappa shape index (κ3) is 3.41. The van der Waals surface area contributed by atoms with E-state index >= 15 is 0 Å². The molecular weight excluding hydrogens is 334 g/mol. The lowest BCUT2D eigenvalue weighted by Gasteiger charge is -2.29. The van der Waals surface area contributed by atoms with Gasteiger partial charge in [-0.1, -0.05) is 11.6 Å². The minimum atomic E-state index is -1.25. The third-order valence-electron chi connectivity index (χ3n) is 3.18. The Hall–Kier alpha value is -2.80. The van der Waals surface area contributed by atoms with Gasteiger partial charge in [0.25, 0.3) is 5.79 Å². The second kappa shape index (κ2) is 6.01. The number of benzene rings is 1. The first-order valence-electron chi connectivity index (χ1n) is 7.08. The SMILES string of the molecule is CC1(C)OC(=O)C(=CNc2ccc(-n3cc(Cl)cn3)cc2)C(=O)O1. The Bertz CT molecular complexity index is 802. The first-order valence-corrected chi connectivity index (χ1v) is 7.46. The van der Waals surface area contributed by atoms with Crippen LogP contribution in [0.4, 0.5) is 5.69 Å². The van der Waals surface area contributed by atoms with Gasteiger partial charge in [0.2, 0.25) is 0 Å². The van der Waals surface area contributed by atoms with E-state index in [1.165, 1.54) is 20.0 Å². The zero-order valence-electron chi connectivity index (χ0n) is 12.9. The summed E-state index contributed by atoms with van der Waals surface area (Å²) in [6.45, 7) is 2.99. The zero-order chi connectivity index (χ0) is 17.3. The van der Waals surface area contributed by atoms with Crippen molar-refractivity contribution in [3.05, 3.63) is 53.5 Å². The molecule has 0 spiro atoms. The van der Waals surface area contributed by atoms with Crippen LogP contribution in [0.25, 0.3) is 5.69 Å². The van der Waals surface area contributed by atoms with E-state index in [-0.39, 0.29) is 5.57 Å². The van der Waals surface area contributed by atoms with E-state index in [1.54, 1.807) is 29.2 Å². The predicted molar refractivity (Wildman–Crippen MR) is 86.5 cm³/mol. The normalized spacial score (nSPS) is 16.4. The van der Waals surface area contributed by atoms with Crippen molar-refractivity contribution in [1.82, 2.24) is 9.78 Å².